The van der Waals surface area contributed by atoms with Gasteiger partial charge < -0.3 is 5.32 Å². The van der Waals surface area contributed by atoms with Crippen LogP contribution in [0.5, 0.6) is 0 Å². The lowest BCUT2D eigenvalue weighted by atomic mass is 10.2. The van der Waals surface area contributed by atoms with Crippen LogP contribution in [0.25, 0.3) is 0 Å². The Morgan fingerprint density at radius 3 is 2.71 bits per heavy atom. The van der Waals surface area contributed by atoms with Crippen LogP contribution in [-0.2, 0) is 24.4 Å². The Bertz CT molecular complexity index is 406. The van der Waals surface area contributed by atoms with Gasteiger partial charge in [0.05, 0.1) is 5.69 Å². The summed E-state index contributed by atoms with van der Waals surface area (Å²) in [6, 6.07) is 0.328. The summed E-state index contributed by atoms with van der Waals surface area (Å²) < 4.78 is 12.7. The van der Waals surface area contributed by atoms with Gasteiger partial charge in [0.25, 0.3) is 0 Å². The van der Waals surface area contributed by atoms with Gasteiger partial charge in [0.15, 0.2) is 0 Å². The quantitative estimate of drug-likeness (QED) is 0.860. The molecule has 1 heterocycles. The molecule has 0 amide bonds. The van der Waals surface area contributed by atoms with Crippen molar-refractivity contribution in [2.45, 2.75) is 32.9 Å². The molecule has 0 aliphatic carbocycles. The van der Waals surface area contributed by atoms with E-state index in [2.05, 4.69) is 17.3 Å². The van der Waals surface area contributed by atoms with E-state index in [-0.39, 0.29) is 0 Å². The smallest absolute Gasteiger partial charge is 0.131 e. The number of hydrogen-bond donors (Lipinski definition) is 1. The van der Waals surface area contributed by atoms with Crippen LogP contribution in [0.4, 0.5) is 0 Å². The minimum absolute atomic E-state index is 0.328. The standard InChI is InChI=1S/C11H20ClN3OS/c1-8(5-6-17(4)16)13-7-10-9(2)14-15(3)11(10)12/h8,13H,5-7H2,1-4H3. The lowest BCUT2D eigenvalue weighted by Crippen LogP contribution is -2.27. The number of rotatable bonds is 6. The van der Waals surface area contributed by atoms with Gasteiger partial charge in [-0.05, 0) is 20.3 Å². The molecule has 0 saturated carbocycles. The molecule has 0 fully saturated rings. The minimum atomic E-state index is -0.721. The van der Waals surface area contributed by atoms with Crippen LogP contribution in [0.15, 0.2) is 0 Å². The molecule has 17 heavy (non-hydrogen) atoms. The van der Waals surface area contributed by atoms with Crippen LogP contribution in [0, 0.1) is 6.92 Å². The van der Waals surface area contributed by atoms with Crippen molar-refractivity contribution in [2.24, 2.45) is 7.05 Å². The first-order chi connectivity index (χ1) is 7.91. The Hall–Kier alpha value is -0.390. The molecule has 2 atom stereocenters. The van der Waals surface area contributed by atoms with E-state index in [0.717, 1.165) is 23.4 Å². The van der Waals surface area contributed by atoms with Crippen LogP contribution >= 0.6 is 11.6 Å². The maximum Gasteiger partial charge on any atom is 0.131 e. The number of nitrogens with one attached hydrogen (secondary N) is 1. The predicted octanol–water partition coefficient (Wildman–Crippen LogP) is 1.63. The van der Waals surface area contributed by atoms with E-state index in [1.165, 1.54) is 0 Å². The molecular weight excluding hydrogens is 258 g/mol. The van der Waals surface area contributed by atoms with Gasteiger partial charge in [-0.1, -0.05) is 11.6 Å². The molecule has 0 spiro atoms. The van der Waals surface area contributed by atoms with Crippen LogP contribution in [0.3, 0.4) is 0 Å². The molecule has 0 aromatic carbocycles. The van der Waals surface area contributed by atoms with Crippen molar-refractivity contribution >= 4 is 22.4 Å². The first-order valence-corrected chi connectivity index (χ1v) is 7.73. The van der Waals surface area contributed by atoms with E-state index in [1.807, 2.05) is 14.0 Å². The summed E-state index contributed by atoms with van der Waals surface area (Å²) in [6.45, 7) is 4.75. The zero-order valence-electron chi connectivity index (χ0n) is 10.8. The fourth-order valence-electron chi connectivity index (χ4n) is 1.60. The summed E-state index contributed by atoms with van der Waals surface area (Å²) in [4.78, 5) is 0. The van der Waals surface area contributed by atoms with Crippen LogP contribution in [0.1, 0.15) is 24.6 Å². The average molecular weight is 278 g/mol. The van der Waals surface area contributed by atoms with Gasteiger partial charge in [0.1, 0.15) is 5.15 Å². The van der Waals surface area contributed by atoms with Gasteiger partial charge >= 0.3 is 0 Å². The van der Waals surface area contributed by atoms with Gasteiger partial charge in [-0.25, -0.2) is 0 Å². The average Bonchev–Trinajstić information content (AvgIpc) is 2.48. The van der Waals surface area contributed by atoms with Crippen molar-refractivity contribution in [1.82, 2.24) is 15.1 Å². The lowest BCUT2D eigenvalue weighted by molar-refractivity contribution is 0.534. The van der Waals surface area contributed by atoms with E-state index >= 15 is 0 Å². The van der Waals surface area contributed by atoms with Crippen molar-refractivity contribution < 1.29 is 4.21 Å². The number of hydrogen-bond acceptors (Lipinski definition) is 3. The highest BCUT2D eigenvalue weighted by molar-refractivity contribution is 7.84. The fourth-order valence-corrected chi connectivity index (χ4v) is 2.52. The molecule has 2 unspecified atom stereocenters. The van der Waals surface area contributed by atoms with E-state index in [4.69, 9.17) is 11.6 Å². The summed E-state index contributed by atoms with van der Waals surface area (Å²) in [7, 11) is 1.11. The minimum Gasteiger partial charge on any atom is -0.310 e. The monoisotopic (exact) mass is 277 g/mol. The molecule has 4 nitrogen and oxygen atoms in total. The second kappa shape index (κ2) is 6.52. The SMILES string of the molecule is Cc1nn(C)c(Cl)c1CNC(C)CCS(C)=O. The highest BCUT2D eigenvalue weighted by Crippen LogP contribution is 2.18. The Morgan fingerprint density at radius 2 is 2.24 bits per heavy atom. The van der Waals surface area contributed by atoms with Gasteiger partial charge in [-0.2, -0.15) is 5.10 Å². The molecule has 98 valence electrons. The largest absolute Gasteiger partial charge is 0.310 e. The molecule has 0 aliphatic heterocycles. The van der Waals surface area contributed by atoms with Crippen molar-refractivity contribution in [3.05, 3.63) is 16.4 Å². The molecule has 0 aliphatic rings. The van der Waals surface area contributed by atoms with Crippen LogP contribution in [0.2, 0.25) is 5.15 Å². The first-order valence-electron chi connectivity index (χ1n) is 5.63. The third-order valence-corrected chi connectivity index (χ3v) is 4.02. The second-order valence-corrected chi connectivity index (χ2v) is 6.24. The predicted molar refractivity (Wildman–Crippen MR) is 72.8 cm³/mol. The summed E-state index contributed by atoms with van der Waals surface area (Å²) in [6.07, 6.45) is 2.63. The van der Waals surface area contributed by atoms with E-state index in [1.54, 1.807) is 10.9 Å². The molecule has 0 bridgehead atoms. The zero-order chi connectivity index (χ0) is 13.0. The summed E-state index contributed by atoms with van der Waals surface area (Å²) in [5, 5.41) is 8.32. The Labute approximate surface area is 110 Å². The van der Waals surface area contributed by atoms with Gasteiger partial charge in [-0.15, -0.1) is 0 Å². The highest BCUT2D eigenvalue weighted by atomic mass is 35.5. The van der Waals surface area contributed by atoms with Gasteiger partial charge in [0, 0.05) is 48.0 Å². The van der Waals surface area contributed by atoms with Gasteiger partial charge in [-0.3, -0.25) is 8.89 Å². The van der Waals surface area contributed by atoms with Gasteiger partial charge in [0.2, 0.25) is 0 Å². The summed E-state index contributed by atoms with van der Waals surface area (Å²) in [5.41, 5.74) is 2.00. The maximum absolute atomic E-state index is 11.0. The third kappa shape index (κ3) is 4.41. The Kier molecular flexibility index (Phi) is 5.62. The van der Waals surface area contributed by atoms with E-state index in [9.17, 15) is 4.21 Å². The van der Waals surface area contributed by atoms with Crippen LogP contribution in [-0.4, -0.2) is 32.0 Å². The van der Waals surface area contributed by atoms with Crippen molar-refractivity contribution in [2.75, 3.05) is 12.0 Å². The summed E-state index contributed by atoms with van der Waals surface area (Å²) in [5.74, 6) is 0.730. The van der Waals surface area contributed by atoms with Crippen molar-refractivity contribution in [1.29, 1.82) is 0 Å². The maximum atomic E-state index is 11.0. The normalized spacial score (nSPS) is 14.9. The second-order valence-electron chi connectivity index (χ2n) is 4.33. The first kappa shape index (κ1) is 14.7. The third-order valence-electron chi connectivity index (χ3n) is 2.74. The molecule has 1 rings (SSSR count). The molecule has 1 aromatic rings. The topological polar surface area (TPSA) is 46.9 Å². The molecule has 0 saturated heterocycles. The Balaban J connectivity index is 2.47. The number of halogens is 1. The Morgan fingerprint density at radius 1 is 1.59 bits per heavy atom. The van der Waals surface area contributed by atoms with Crippen molar-refractivity contribution in [3.63, 3.8) is 0 Å². The number of aryl methyl sites for hydroxylation is 2. The summed E-state index contributed by atoms with van der Waals surface area (Å²) >= 11 is 6.14. The fraction of sp³-hybridized carbons (Fsp3) is 0.727. The molecule has 1 aromatic heterocycles. The number of aromatic nitrogens is 2. The van der Waals surface area contributed by atoms with Crippen molar-refractivity contribution in [3.8, 4) is 0 Å². The van der Waals surface area contributed by atoms with E-state index < -0.39 is 10.8 Å². The molecule has 6 heteroatoms. The zero-order valence-corrected chi connectivity index (χ0v) is 12.4. The molecule has 1 N–H and O–H groups in total. The number of nitrogens with zero attached hydrogens (tertiary/aromatic N) is 2. The lowest BCUT2D eigenvalue weighted by Gasteiger charge is -2.12. The molecular formula is C11H20ClN3OS. The van der Waals surface area contributed by atoms with E-state index in [0.29, 0.717) is 17.7 Å². The molecule has 0 radical (unpaired) electrons. The van der Waals surface area contributed by atoms with Crippen LogP contribution < -0.4 is 5.32 Å². The highest BCUT2D eigenvalue weighted by Gasteiger charge is 2.12.